The maximum atomic E-state index is 12.7. The maximum absolute atomic E-state index is 12.7. The van der Waals surface area contributed by atoms with Crippen molar-refractivity contribution in [2.24, 2.45) is 4.99 Å². The summed E-state index contributed by atoms with van der Waals surface area (Å²) in [5.41, 5.74) is -0.0222. The molecule has 0 bridgehead atoms. The fourth-order valence-corrected chi connectivity index (χ4v) is 4.97. The highest BCUT2D eigenvalue weighted by Crippen LogP contribution is 2.18. The van der Waals surface area contributed by atoms with E-state index in [9.17, 15) is 16.8 Å². The minimum Gasteiger partial charge on any atom is -0.357 e. The van der Waals surface area contributed by atoms with E-state index >= 15 is 0 Å². The molecule has 1 unspecified atom stereocenters. The van der Waals surface area contributed by atoms with E-state index in [-0.39, 0.29) is 47.2 Å². The number of guanidine groups is 1. The van der Waals surface area contributed by atoms with Gasteiger partial charge >= 0.3 is 0 Å². The SMILES string of the molecule is CCNC(=NCc1ccccc1S(=O)(=O)NC(C)(C)C)NC(C)CCS(C)(=O)=O.I. The maximum Gasteiger partial charge on any atom is 0.241 e. The molecule has 0 radical (unpaired) electrons. The highest BCUT2D eigenvalue weighted by Gasteiger charge is 2.24. The third-order valence-corrected chi connectivity index (χ3v) is 6.59. The van der Waals surface area contributed by atoms with Crippen LogP contribution in [-0.4, -0.2) is 52.9 Å². The second-order valence-corrected chi connectivity index (χ2v) is 12.0. The number of sulfonamides is 1. The van der Waals surface area contributed by atoms with Crippen LogP contribution in [-0.2, 0) is 26.4 Å². The summed E-state index contributed by atoms with van der Waals surface area (Å²) in [6.45, 7) is 9.95. The zero-order valence-corrected chi connectivity index (χ0v) is 22.5. The third-order valence-electron chi connectivity index (χ3n) is 3.76. The van der Waals surface area contributed by atoms with Crippen molar-refractivity contribution in [2.45, 2.75) is 64.1 Å². The van der Waals surface area contributed by atoms with E-state index in [4.69, 9.17) is 0 Å². The van der Waals surface area contributed by atoms with Gasteiger partial charge in [0.05, 0.1) is 17.2 Å². The van der Waals surface area contributed by atoms with Crippen molar-refractivity contribution in [3.63, 3.8) is 0 Å². The van der Waals surface area contributed by atoms with Gasteiger partial charge in [-0.15, -0.1) is 24.0 Å². The highest BCUT2D eigenvalue weighted by molar-refractivity contribution is 14.0. The summed E-state index contributed by atoms with van der Waals surface area (Å²) in [7, 11) is -6.72. The lowest BCUT2D eigenvalue weighted by Gasteiger charge is -2.21. The van der Waals surface area contributed by atoms with Crippen molar-refractivity contribution in [3.05, 3.63) is 29.8 Å². The van der Waals surface area contributed by atoms with Crippen LogP contribution in [0.2, 0.25) is 0 Å². The zero-order chi connectivity index (χ0) is 22.3. The molecule has 0 fully saturated rings. The molecule has 0 saturated heterocycles. The first kappa shape index (κ1) is 29.1. The second-order valence-electron chi connectivity index (χ2n) is 8.12. The lowest BCUT2D eigenvalue weighted by atomic mass is 10.1. The van der Waals surface area contributed by atoms with Gasteiger partial charge in [-0.3, -0.25) is 0 Å². The van der Waals surface area contributed by atoms with E-state index in [1.165, 1.54) is 6.26 Å². The molecule has 30 heavy (non-hydrogen) atoms. The van der Waals surface area contributed by atoms with Crippen molar-refractivity contribution < 1.29 is 16.8 Å². The van der Waals surface area contributed by atoms with Gasteiger partial charge in [0.1, 0.15) is 9.84 Å². The van der Waals surface area contributed by atoms with Gasteiger partial charge in [-0.2, -0.15) is 0 Å². The summed E-state index contributed by atoms with van der Waals surface area (Å²) < 4.78 is 50.9. The van der Waals surface area contributed by atoms with E-state index in [0.717, 1.165) is 0 Å². The fourth-order valence-electron chi connectivity index (χ4n) is 2.54. The first-order chi connectivity index (χ1) is 13.2. The average molecular weight is 575 g/mol. The molecule has 11 heteroatoms. The van der Waals surface area contributed by atoms with E-state index < -0.39 is 25.4 Å². The Kier molecular flexibility index (Phi) is 11.8. The molecule has 0 aliphatic heterocycles. The minimum atomic E-state index is -3.68. The summed E-state index contributed by atoms with van der Waals surface area (Å²) in [6, 6.07) is 6.65. The topological polar surface area (TPSA) is 117 Å². The fraction of sp³-hybridized carbons (Fsp3) is 0.632. The normalized spacial score (nSPS) is 14.0. The molecular weight excluding hydrogens is 539 g/mol. The number of nitrogens with one attached hydrogen (secondary N) is 3. The van der Waals surface area contributed by atoms with Crippen LogP contribution in [0, 0.1) is 0 Å². The van der Waals surface area contributed by atoms with E-state index in [0.29, 0.717) is 24.5 Å². The van der Waals surface area contributed by atoms with Crippen LogP contribution in [0.15, 0.2) is 34.2 Å². The molecule has 1 aromatic rings. The average Bonchev–Trinajstić information content (AvgIpc) is 2.55. The van der Waals surface area contributed by atoms with Gasteiger partial charge in [0.25, 0.3) is 0 Å². The molecule has 0 spiro atoms. The first-order valence-electron chi connectivity index (χ1n) is 9.58. The van der Waals surface area contributed by atoms with Crippen LogP contribution in [0.5, 0.6) is 0 Å². The molecular formula is C19H35IN4O4S2. The van der Waals surface area contributed by atoms with Crippen molar-refractivity contribution in [1.82, 2.24) is 15.4 Å². The number of benzene rings is 1. The van der Waals surface area contributed by atoms with Crippen molar-refractivity contribution in [2.75, 3.05) is 18.6 Å². The Hall–Kier alpha value is -0.920. The van der Waals surface area contributed by atoms with E-state index in [2.05, 4.69) is 20.3 Å². The Morgan fingerprint density at radius 1 is 1.13 bits per heavy atom. The largest absolute Gasteiger partial charge is 0.357 e. The zero-order valence-electron chi connectivity index (χ0n) is 18.5. The number of hydrogen-bond donors (Lipinski definition) is 3. The Balaban J connectivity index is 0.00000841. The number of nitrogens with zero attached hydrogens (tertiary/aromatic N) is 1. The summed E-state index contributed by atoms with van der Waals surface area (Å²) >= 11 is 0. The van der Waals surface area contributed by atoms with Crippen LogP contribution in [0.3, 0.4) is 0 Å². The standard InChI is InChI=1S/C19H34N4O4S2.HI/c1-7-20-18(22-15(2)12-13-28(6,24)25)21-14-16-10-8-9-11-17(16)29(26,27)23-19(3,4)5;/h8-11,15,23H,7,12-14H2,1-6H3,(H2,20,21,22);1H. The number of aliphatic imine (C=N–C) groups is 1. The predicted octanol–water partition coefficient (Wildman–Crippen LogP) is 2.26. The van der Waals surface area contributed by atoms with Crippen LogP contribution in [0.1, 0.15) is 46.6 Å². The van der Waals surface area contributed by atoms with Crippen LogP contribution in [0.4, 0.5) is 0 Å². The number of sulfone groups is 1. The highest BCUT2D eigenvalue weighted by atomic mass is 127. The van der Waals surface area contributed by atoms with Crippen molar-refractivity contribution in [3.8, 4) is 0 Å². The predicted molar refractivity (Wildman–Crippen MR) is 134 cm³/mol. The molecule has 174 valence electrons. The van der Waals surface area contributed by atoms with Gasteiger partial charge in [-0.1, -0.05) is 18.2 Å². The van der Waals surface area contributed by atoms with Crippen LogP contribution in [0.25, 0.3) is 0 Å². The Morgan fingerprint density at radius 2 is 1.73 bits per heavy atom. The number of rotatable bonds is 9. The van der Waals surface area contributed by atoms with Gasteiger partial charge in [0.2, 0.25) is 10.0 Å². The van der Waals surface area contributed by atoms with Gasteiger partial charge < -0.3 is 10.6 Å². The number of halogens is 1. The van der Waals surface area contributed by atoms with E-state index in [1.807, 2.05) is 13.8 Å². The lowest BCUT2D eigenvalue weighted by molar-refractivity contribution is 0.491. The molecule has 0 heterocycles. The molecule has 0 aliphatic rings. The first-order valence-corrected chi connectivity index (χ1v) is 13.1. The molecule has 0 amide bonds. The Bertz CT molecular complexity index is 911. The summed E-state index contributed by atoms with van der Waals surface area (Å²) in [5, 5.41) is 6.27. The smallest absolute Gasteiger partial charge is 0.241 e. The molecule has 3 N–H and O–H groups in total. The van der Waals surface area contributed by atoms with Gasteiger partial charge in [0, 0.05) is 24.4 Å². The lowest BCUT2D eigenvalue weighted by Crippen LogP contribution is -2.43. The molecule has 1 atom stereocenters. The summed E-state index contributed by atoms with van der Waals surface area (Å²) in [6.07, 6.45) is 1.66. The van der Waals surface area contributed by atoms with Gasteiger partial charge in [0.15, 0.2) is 5.96 Å². The molecule has 1 aromatic carbocycles. The molecule has 0 aliphatic carbocycles. The molecule has 0 saturated carbocycles. The number of hydrogen-bond acceptors (Lipinski definition) is 5. The minimum absolute atomic E-state index is 0. The monoisotopic (exact) mass is 574 g/mol. The quantitative estimate of drug-likeness (QED) is 0.237. The Morgan fingerprint density at radius 3 is 2.27 bits per heavy atom. The van der Waals surface area contributed by atoms with Crippen molar-refractivity contribution >= 4 is 49.8 Å². The van der Waals surface area contributed by atoms with Crippen molar-refractivity contribution in [1.29, 1.82) is 0 Å². The van der Waals surface area contributed by atoms with Gasteiger partial charge in [-0.05, 0) is 52.7 Å². The van der Waals surface area contributed by atoms with Crippen LogP contribution >= 0.6 is 24.0 Å². The van der Waals surface area contributed by atoms with E-state index in [1.54, 1.807) is 45.0 Å². The summed E-state index contributed by atoms with van der Waals surface area (Å²) in [5.74, 6) is 0.588. The second kappa shape index (κ2) is 12.2. The Labute approximate surface area is 198 Å². The third kappa shape index (κ3) is 11.5. The molecule has 8 nitrogen and oxygen atoms in total. The van der Waals surface area contributed by atoms with Gasteiger partial charge in [-0.25, -0.2) is 26.6 Å². The summed E-state index contributed by atoms with van der Waals surface area (Å²) in [4.78, 5) is 4.69. The molecule has 1 rings (SSSR count). The molecule has 0 aromatic heterocycles. The van der Waals surface area contributed by atoms with Crippen LogP contribution < -0.4 is 15.4 Å².